The van der Waals surface area contributed by atoms with Gasteiger partial charge in [-0.3, -0.25) is 9.59 Å². The van der Waals surface area contributed by atoms with E-state index in [4.69, 9.17) is 0 Å². The number of fused-ring (bicyclic) bond motifs is 1. The second-order valence-electron chi connectivity index (χ2n) is 6.39. The zero-order chi connectivity index (χ0) is 19.9. The summed E-state index contributed by atoms with van der Waals surface area (Å²) in [5.41, 5.74) is 1.24. The van der Waals surface area contributed by atoms with Gasteiger partial charge in [-0.1, -0.05) is 60.7 Å². The summed E-state index contributed by atoms with van der Waals surface area (Å²) < 4.78 is 0. The molecule has 0 aliphatic carbocycles. The molecule has 0 spiro atoms. The number of carbonyl (C=O) groups is 3. The molecule has 28 heavy (non-hydrogen) atoms. The smallest absolute Gasteiger partial charge is 0.326 e. The first-order chi connectivity index (χ1) is 13.5. The van der Waals surface area contributed by atoms with Gasteiger partial charge in [0.05, 0.1) is 6.54 Å². The molecule has 0 saturated heterocycles. The van der Waals surface area contributed by atoms with Crippen LogP contribution in [0.5, 0.6) is 0 Å². The second-order valence-corrected chi connectivity index (χ2v) is 6.39. The van der Waals surface area contributed by atoms with Gasteiger partial charge in [0.15, 0.2) is 0 Å². The molecule has 6 nitrogen and oxygen atoms in total. The fraction of sp³-hybridized carbons (Fsp3) is 0.136. The van der Waals surface area contributed by atoms with Crippen LogP contribution in [0.1, 0.15) is 15.9 Å². The molecule has 0 aromatic heterocycles. The van der Waals surface area contributed by atoms with E-state index in [0.29, 0.717) is 5.56 Å². The number of hydrogen-bond acceptors (Lipinski definition) is 3. The Bertz CT molecular complexity index is 1000. The summed E-state index contributed by atoms with van der Waals surface area (Å²) in [6.07, 6.45) is 0.151. The highest BCUT2D eigenvalue weighted by Gasteiger charge is 2.21. The first-order valence-corrected chi connectivity index (χ1v) is 8.86. The lowest BCUT2D eigenvalue weighted by molar-refractivity contribution is -0.141. The van der Waals surface area contributed by atoms with E-state index < -0.39 is 23.8 Å². The van der Waals surface area contributed by atoms with Crippen molar-refractivity contribution in [1.29, 1.82) is 0 Å². The Labute approximate surface area is 162 Å². The van der Waals surface area contributed by atoms with Gasteiger partial charge >= 0.3 is 5.97 Å². The van der Waals surface area contributed by atoms with Crippen molar-refractivity contribution in [3.63, 3.8) is 0 Å². The first-order valence-electron chi connectivity index (χ1n) is 8.86. The summed E-state index contributed by atoms with van der Waals surface area (Å²) in [4.78, 5) is 35.6. The molecule has 2 amide bonds. The van der Waals surface area contributed by atoms with Crippen LogP contribution < -0.4 is 10.6 Å². The Kier molecular flexibility index (Phi) is 6.01. The molecule has 3 N–H and O–H groups in total. The predicted octanol–water partition coefficient (Wildman–Crippen LogP) is 2.38. The molecule has 0 bridgehead atoms. The normalized spacial score (nSPS) is 11.6. The largest absolute Gasteiger partial charge is 0.480 e. The fourth-order valence-electron chi connectivity index (χ4n) is 2.90. The minimum atomic E-state index is -1.13. The number of carbonyl (C=O) groups excluding carboxylic acids is 2. The number of amides is 2. The summed E-state index contributed by atoms with van der Waals surface area (Å²) in [5.74, 6) is -2.08. The average Bonchev–Trinajstić information content (AvgIpc) is 2.72. The van der Waals surface area contributed by atoms with Gasteiger partial charge in [0.25, 0.3) is 5.91 Å². The summed E-state index contributed by atoms with van der Waals surface area (Å²) in [6, 6.07) is 20.9. The zero-order valence-corrected chi connectivity index (χ0v) is 15.1. The highest BCUT2D eigenvalue weighted by atomic mass is 16.4. The molecule has 1 atom stereocenters. The van der Waals surface area contributed by atoms with Crippen LogP contribution in [0.25, 0.3) is 10.8 Å². The van der Waals surface area contributed by atoms with Crippen LogP contribution in [-0.4, -0.2) is 35.5 Å². The van der Waals surface area contributed by atoms with E-state index >= 15 is 0 Å². The second kappa shape index (κ2) is 8.81. The van der Waals surface area contributed by atoms with Crippen LogP contribution in [0.4, 0.5) is 0 Å². The average molecular weight is 376 g/mol. The van der Waals surface area contributed by atoms with Crippen molar-refractivity contribution in [2.45, 2.75) is 12.5 Å². The molecular weight excluding hydrogens is 356 g/mol. The maximum Gasteiger partial charge on any atom is 0.326 e. The molecule has 0 aliphatic rings. The molecule has 0 heterocycles. The first kappa shape index (κ1) is 19.1. The topological polar surface area (TPSA) is 95.5 Å². The molecule has 3 rings (SSSR count). The van der Waals surface area contributed by atoms with Gasteiger partial charge in [-0.25, -0.2) is 4.79 Å². The van der Waals surface area contributed by atoms with E-state index in [0.717, 1.165) is 16.3 Å². The third-order valence-electron chi connectivity index (χ3n) is 4.33. The van der Waals surface area contributed by atoms with Crippen molar-refractivity contribution in [3.8, 4) is 0 Å². The van der Waals surface area contributed by atoms with E-state index in [1.807, 2.05) is 42.5 Å². The van der Waals surface area contributed by atoms with Crippen molar-refractivity contribution in [2.24, 2.45) is 0 Å². The van der Waals surface area contributed by atoms with E-state index in [1.54, 1.807) is 30.3 Å². The van der Waals surface area contributed by atoms with Crippen molar-refractivity contribution in [2.75, 3.05) is 6.54 Å². The minimum Gasteiger partial charge on any atom is -0.480 e. The molecular formula is C22H20N2O4. The highest BCUT2D eigenvalue weighted by Crippen LogP contribution is 2.16. The van der Waals surface area contributed by atoms with Crippen molar-refractivity contribution in [3.05, 3.63) is 83.9 Å². The van der Waals surface area contributed by atoms with E-state index in [-0.39, 0.29) is 13.0 Å². The van der Waals surface area contributed by atoms with Crippen LogP contribution >= 0.6 is 0 Å². The minimum absolute atomic E-state index is 0.151. The number of aliphatic carboxylic acids is 1. The van der Waals surface area contributed by atoms with Gasteiger partial charge in [-0.15, -0.1) is 0 Å². The monoisotopic (exact) mass is 376 g/mol. The van der Waals surface area contributed by atoms with Crippen LogP contribution in [0.15, 0.2) is 72.8 Å². The van der Waals surface area contributed by atoms with Crippen LogP contribution in [-0.2, 0) is 16.0 Å². The van der Waals surface area contributed by atoms with Crippen LogP contribution in [0.3, 0.4) is 0 Å². The summed E-state index contributed by atoms with van der Waals surface area (Å²) in [6.45, 7) is -0.296. The zero-order valence-electron chi connectivity index (χ0n) is 15.1. The SMILES string of the molecule is O=C(CNC(=O)c1ccccc1)N[C@H](Cc1ccc2ccccc2c1)C(=O)O. The molecule has 0 aliphatic heterocycles. The summed E-state index contributed by atoms with van der Waals surface area (Å²) in [7, 11) is 0. The Morgan fingerprint density at radius 2 is 1.54 bits per heavy atom. The molecule has 0 fully saturated rings. The Morgan fingerprint density at radius 1 is 0.857 bits per heavy atom. The molecule has 6 heteroatoms. The maximum absolute atomic E-state index is 12.1. The highest BCUT2D eigenvalue weighted by molar-refractivity contribution is 5.96. The van der Waals surface area contributed by atoms with Gasteiger partial charge in [-0.05, 0) is 28.5 Å². The summed E-state index contributed by atoms with van der Waals surface area (Å²) in [5, 5.41) is 16.5. The van der Waals surface area contributed by atoms with Crippen LogP contribution in [0.2, 0.25) is 0 Å². The number of carboxylic acids is 1. The van der Waals surface area contributed by atoms with Crippen LogP contribution in [0, 0.1) is 0 Å². The number of carboxylic acid groups (broad SMARTS) is 1. The van der Waals surface area contributed by atoms with E-state index in [2.05, 4.69) is 10.6 Å². The Hall–Kier alpha value is -3.67. The fourth-order valence-corrected chi connectivity index (χ4v) is 2.90. The third-order valence-corrected chi connectivity index (χ3v) is 4.33. The molecule has 3 aromatic rings. The maximum atomic E-state index is 12.1. The van der Waals surface area contributed by atoms with Crippen molar-refractivity contribution >= 4 is 28.6 Å². The lowest BCUT2D eigenvalue weighted by Gasteiger charge is -2.15. The van der Waals surface area contributed by atoms with Crippen molar-refractivity contribution < 1.29 is 19.5 Å². The molecule has 3 aromatic carbocycles. The lowest BCUT2D eigenvalue weighted by atomic mass is 10.0. The number of nitrogens with one attached hydrogen (secondary N) is 2. The number of benzene rings is 3. The standard InChI is InChI=1S/C22H20N2O4/c25-20(14-23-21(26)17-7-2-1-3-8-17)24-19(22(27)28)13-15-10-11-16-6-4-5-9-18(16)12-15/h1-12,19H,13-14H2,(H,23,26)(H,24,25)(H,27,28)/t19-/m1/s1. The van der Waals surface area contributed by atoms with Gasteiger partial charge < -0.3 is 15.7 Å². The van der Waals surface area contributed by atoms with Gasteiger partial charge in [0, 0.05) is 12.0 Å². The van der Waals surface area contributed by atoms with Gasteiger partial charge in [0.2, 0.25) is 5.91 Å². The Balaban J connectivity index is 1.59. The third kappa shape index (κ3) is 4.94. The van der Waals surface area contributed by atoms with E-state index in [9.17, 15) is 19.5 Å². The molecule has 142 valence electrons. The number of rotatable bonds is 7. The quantitative estimate of drug-likeness (QED) is 0.590. The molecule has 0 unspecified atom stereocenters. The van der Waals surface area contributed by atoms with E-state index in [1.165, 1.54) is 0 Å². The Morgan fingerprint density at radius 3 is 2.25 bits per heavy atom. The number of hydrogen-bond donors (Lipinski definition) is 3. The molecule has 0 saturated carbocycles. The summed E-state index contributed by atoms with van der Waals surface area (Å²) >= 11 is 0. The van der Waals surface area contributed by atoms with Gasteiger partial charge in [-0.2, -0.15) is 0 Å². The lowest BCUT2D eigenvalue weighted by Crippen LogP contribution is -2.46. The van der Waals surface area contributed by atoms with Crippen molar-refractivity contribution in [1.82, 2.24) is 10.6 Å². The molecule has 0 radical (unpaired) electrons. The van der Waals surface area contributed by atoms with Gasteiger partial charge in [0.1, 0.15) is 6.04 Å². The predicted molar refractivity (Wildman–Crippen MR) is 106 cm³/mol.